The van der Waals surface area contributed by atoms with Gasteiger partial charge in [0.15, 0.2) is 5.60 Å². The van der Waals surface area contributed by atoms with Crippen molar-refractivity contribution in [3.63, 3.8) is 0 Å². The van der Waals surface area contributed by atoms with Crippen LogP contribution in [0, 0.1) is 0 Å². The molecule has 0 saturated heterocycles. The van der Waals surface area contributed by atoms with Crippen molar-refractivity contribution in [3.05, 3.63) is 71.3 Å². The molecule has 0 unspecified atom stereocenters. The summed E-state index contributed by atoms with van der Waals surface area (Å²) in [7, 11) is 0. The van der Waals surface area contributed by atoms with Gasteiger partial charge in [0.2, 0.25) is 0 Å². The predicted octanol–water partition coefficient (Wildman–Crippen LogP) is 4.90. The van der Waals surface area contributed by atoms with E-state index in [9.17, 15) is 23.1 Å². The molecule has 2 saturated carbocycles. The normalized spacial score (nSPS) is 25.3. The van der Waals surface area contributed by atoms with Gasteiger partial charge in [-0.1, -0.05) is 42.5 Å². The maximum absolute atomic E-state index is 13.4. The Hall–Kier alpha value is -2.38. The third-order valence-electron chi connectivity index (χ3n) is 7.50. The summed E-state index contributed by atoms with van der Waals surface area (Å²) in [5.74, 6) is -0.152. The molecule has 4 rings (SSSR count). The van der Waals surface area contributed by atoms with Crippen LogP contribution < -0.4 is 5.73 Å². The molecule has 2 aromatic rings. The second-order valence-electron chi connectivity index (χ2n) is 9.67. The number of nitrogens with zero attached hydrogens (tertiary/aromatic N) is 1. The van der Waals surface area contributed by atoms with Gasteiger partial charge in [0.25, 0.3) is 5.91 Å². The molecular formula is C26H31F3N2O2. The number of carbonyl (C=O) groups excluding carboxylic acids is 1. The molecule has 3 N–H and O–H groups in total. The van der Waals surface area contributed by atoms with Gasteiger partial charge in [-0.05, 0) is 68.7 Å². The first kappa shape index (κ1) is 23.8. The summed E-state index contributed by atoms with van der Waals surface area (Å²) in [5.41, 5.74) is 4.48. The molecule has 178 valence electrons. The van der Waals surface area contributed by atoms with Gasteiger partial charge >= 0.3 is 6.18 Å². The van der Waals surface area contributed by atoms with E-state index >= 15 is 0 Å². The molecule has 0 heterocycles. The minimum absolute atomic E-state index is 0.0825. The van der Waals surface area contributed by atoms with Crippen molar-refractivity contribution >= 4 is 5.91 Å². The van der Waals surface area contributed by atoms with E-state index in [0.717, 1.165) is 45.4 Å². The molecule has 0 aliphatic heterocycles. The maximum atomic E-state index is 13.4. The van der Waals surface area contributed by atoms with E-state index < -0.39 is 11.8 Å². The van der Waals surface area contributed by atoms with Crippen molar-refractivity contribution in [2.24, 2.45) is 5.73 Å². The van der Waals surface area contributed by atoms with Gasteiger partial charge in [0, 0.05) is 29.6 Å². The summed E-state index contributed by atoms with van der Waals surface area (Å²) < 4.78 is 39.4. The number of benzene rings is 2. The lowest BCUT2D eigenvalue weighted by atomic mass is 9.68. The highest BCUT2D eigenvalue weighted by atomic mass is 19.4. The maximum Gasteiger partial charge on any atom is 0.421 e. The van der Waals surface area contributed by atoms with Gasteiger partial charge in [0.1, 0.15) is 0 Å². The molecule has 33 heavy (non-hydrogen) atoms. The summed E-state index contributed by atoms with van der Waals surface area (Å²) in [5, 5.41) is 9.90. The number of hydrogen-bond donors (Lipinski definition) is 2. The summed E-state index contributed by atoms with van der Waals surface area (Å²) in [6.07, 6.45) is 0.567. The fourth-order valence-corrected chi connectivity index (χ4v) is 5.07. The minimum atomic E-state index is -4.80. The van der Waals surface area contributed by atoms with Gasteiger partial charge in [-0.3, -0.25) is 4.79 Å². The fourth-order valence-electron chi connectivity index (χ4n) is 5.07. The van der Waals surface area contributed by atoms with Crippen LogP contribution in [0.1, 0.15) is 66.9 Å². The van der Waals surface area contributed by atoms with Crippen molar-refractivity contribution in [1.82, 2.24) is 4.90 Å². The zero-order chi connectivity index (χ0) is 23.9. The monoisotopic (exact) mass is 460 g/mol. The van der Waals surface area contributed by atoms with E-state index in [1.54, 1.807) is 0 Å². The molecule has 0 radical (unpaired) electrons. The first-order valence-corrected chi connectivity index (χ1v) is 11.6. The van der Waals surface area contributed by atoms with Crippen LogP contribution in [0.4, 0.5) is 13.2 Å². The second kappa shape index (κ2) is 8.76. The third-order valence-corrected chi connectivity index (χ3v) is 7.50. The van der Waals surface area contributed by atoms with Gasteiger partial charge in [-0.25, -0.2) is 0 Å². The van der Waals surface area contributed by atoms with E-state index in [1.807, 2.05) is 23.1 Å². The van der Waals surface area contributed by atoms with Crippen LogP contribution in [0.25, 0.3) is 0 Å². The lowest BCUT2D eigenvalue weighted by Gasteiger charge is -2.44. The number of nitrogens with two attached hydrogens (primary N) is 1. The van der Waals surface area contributed by atoms with Crippen LogP contribution in [-0.4, -0.2) is 40.7 Å². The first-order valence-electron chi connectivity index (χ1n) is 11.6. The van der Waals surface area contributed by atoms with Crippen molar-refractivity contribution in [3.8, 4) is 0 Å². The molecule has 2 fully saturated rings. The number of halogens is 3. The molecule has 2 aliphatic carbocycles. The second-order valence-corrected chi connectivity index (χ2v) is 9.67. The number of alkyl halides is 3. The first-order chi connectivity index (χ1) is 15.6. The Morgan fingerprint density at radius 3 is 2.03 bits per heavy atom. The Bertz CT molecular complexity index is 961. The van der Waals surface area contributed by atoms with E-state index in [2.05, 4.69) is 12.1 Å². The quantitative estimate of drug-likeness (QED) is 0.644. The van der Waals surface area contributed by atoms with Gasteiger partial charge in [-0.15, -0.1) is 0 Å². The lowest BCUT2D eigenvalue weighted by Crippen LogP contribution is -2.48. The number of aliphatic hydroxyl groups is 1. The zero-order valence-corrected chi connectivity index (χ0v) is 18.8. The van der Waals surface area contributed by atoms with Crippen LogP contribution >= 0.6 is 0 Å². The third kappa shape index (κ3) is 4.53. The van der Waals surface area contributed by atoms with E-state index in [0.29, 0.717) is 12.1 Å². The van der Waals surface area contributed by atoms with Crippen LogP contribution in [0.5, 0.6) is 0 Å². The Balaban J connectivity index is 1.50. The highest BCUT2D eigenvalue weighted by Gasteiger charge is 2.51. The average molecular weight is 461 g/mol. The Morgan fingerprint density at radius 2 is 1.55 bits per heavy atom. The molecule has 7 heteroatoms. The predicted molar refractivity (Wildman–Crippen MR) is 121 cm³/mol. The van der Waals surface area contributed by atoms with Crippen molar-refractivity contribution in [2.45, 2.75) is 74.7 Å². The van der Waals surface area contributed by atoms with E-state index in [1.165, 1.54) is 29.8 Å². The average Bonchev–Trinajstić information content (AvgIpc) is 3.65. The van der Waals surface area contributed by atoms with Gasteiger partial charge in [-0.2, -0.15) is 13.2 Å². The Kier molecular flexibility index (Phi) is 6.31. The minimum Gasteiger partial charge on any atom is -0.376 e. The molecular weight excluding hydrogens is 429 g/mol. The topological polar surface area (TPSA) is 66.6 Å². The Labute approximate surface area is 192 Å². The molecule has 1 amide bonds. The molecule has 1 atom stereocenters. The smallest absolute Gasteiger partial charge is 0.376 e. The van der Waals surface area contributed by atoms with Gasteiger partial charge in [0.05, 0.1) is 0 Å². The van der Waals surface area contributed by atoms with Gasteiger partial charge < -0.3 is 15.7 Å². The molecule has 0 spiro atoms. The van der Waals surface area contributed by atoms with Crippen LogP contribution in [0.3, 0.4) is 0 Å². The number of carbonyl (C=O) groups is 1. The number of amides is 1. The largest absolute Gasteiger partial charge is 0.421 e. The van der Waals surface area contributed by atoms with Crippen molar-refractivity contribution in [2.75, 3.05) is 6.54 Å². The standard InChI is InChI=1S/C26H31F3N2O2/c1-24(33,26(27,28)29)19-9-7-18(8-10-19)23(32)31(21-11-12-21)22-13-15-25(17-30,16-14-22)20-5-3-2-4-6-20/h2-10,21-22,33H,11-17,30H2,1H3/t22-,24-,25-/m0/s1. The highest BCUT2D eigenvalue weighted by molar-refractivity contribution is 5.95. The molecule has 0 bridgehead atoms. The zero-order valence-electron chi connectivity index (χ0n) is 18.8. The molecule has 4 nitrogen and oxygen atoms in total. The highest BCUT2D eigenvalue weighted by Crippen LogP contribution is 2.43. The van der Waals surface area contributed by atoms with Crippen LogP contribution in [0.2, 0.25) is 0 Å². The van der Waals surface area contributed by atoms with Crippen LogP contribution in [0.15, 0.2) is 54.6 Å². The number of rotatable bonds is 6. The molecule has 2 aliphatic rings. The SMILES string of the molecule is C[C@](O)(c1ccc(C(=O)N(C2CC2)[C@H]2CC[C@](CN)(c3ccccc3)CC2)cc1)C(F)(F)F. The lowest BCUT2D eigenvalue weighted by molar-refractivity contribution is -0.258. The summed E-state index contributed by atoms with van der Waals surface area (Å²) in [6, 6.07) is 15.7. The van der Waals surface area contributed by atoms with E-state index in [4.69, 9.17) is 5.73 Å². The van der Waals surface area contributed by atoms with Crippen molar-refractivity contribution < 1.29 is 23.1 Å². The van der Waals surface area contributed by atoms with Crippen LogP contribution in [-0.2, 0) is 11.0 Å². The molecule has 0 aromatic heterocycles. The molecule has 2 aromatic carbocycles. The Morgan fingerprint density at radius 1 is 1.00 bits per heavy atom. The fraction of sp³-hybridized carbons (Fsp3) is 0.500. The number of hydrogen-bond acceptors (Lipinski definition) is 3. The van der Waals surface area contributed by atoms with E-state index in [-0.39, 0.29) is 29.0 Å². The summed E-state index contributed by atoms with van der Waals surface area (Å²) in [6.45, 7) is 1.28. The summed E-state index contributed by atoms with van der Waals surface area (Å²) in [4.78, 5) is 15.3. The van der Waals surface area contributed by atoms with Crippen molar-refractivity contribution in [1.29, 1.82) is 0 Å². The summed E-state index contributed by atoms with van der Waals surface area (Å²) >= 11 is 0.